The van der Waals surface area contributed by atoms with Crippen molar-refractivity contribution in [1.29, 1.82) is 0 Å². The minimum absolute atomic E-state index is 0. The fourth-order valence-corrected chi connectivity index (χ4v) is 3.33. The number of hydrogen-bond donors (Lipinski definition) is 2. The number of nitrogens with one attached hydrogen (secondary N) is 1. The number of fused-ring (bicyclic) bond motifs is 1. The molecule has 0 atom stereocenters. The summed E-state index contributed by atoms with van der Waals surface area (Å²) in [5, 5.41) is 2.98. The van der Waals surface area contributed by atoms with Gasteiger partial charge in [0, 0.05) is 24.5 Å². The molecule has 2 aromatic rings. The highest BCUT2D eigenvalue weighted by Gasteiger charge is 2.36. The van der Waals surface area contributed by atoms with Crippen molar-refractivity contribution in [2.75, 3.05) is 6.54 Å². The second-order valence-electron chi connectivity index (χ2n) is 6.96. The van der Waals surface area contributed by atoms with E-state index in [-0.39, 0.29) is 48.7 Å². The summed E-state index contributed by atoms with van der Waals surface area (Å²) in [5.74, 6) is -1.06. The van der Waals surface area contributed by atoms with Gasteiger partial charge in [0.05, 0.1) is 23.2 Å². The van der Waals surface area contributed by atoms with Crippen molar-refractivity contribution in [2.45, 2.75) is 38.8 Å². The van der Waals surface area contributed by atoms with Crippen LogP contribution in [0.1, 0.15) is 63.3 Å². The van der Waals surface area contributed by atoms with Crippen LogP contribution in [0.3, 0.4) is 0 Å². The van der Waals surface area contributed by atoms with E-state index in [9.17, 15) is 14.4 Å². The molecule has 3 rings (SSSR count). The number of carbonyl (C=O) groups excluding carboxylic acids is 3. The van der Waals surface area contributed by atoms with Gasteiger partial charge in [0.1, 0.15) is 0 Å². The van der Waals surface area contributed by atoms with Gasteiger partial charge < -0.3 is 11.1 Å². The first-order valence-corrected chi connectivity index (χ1v) is 9.36. The molecule has 0 bridgehead atoms. The van der Waals surface area contributed by atoms with Gasteiger partial charge in [-0.3, -0.25) is 24.3 Å². The fourth-order valence-electron chi connectivity index (χ4n) is 3.33. The van der Waals surface area contributed by atoms with E-state index in [1.807, 2.05) is 13.8 Å². The first-order valence-electron chi connectivity index (χ1n) is 9.36. The van der Waals surface area contributed by atoms with E-state index in [1.54, 1.807) is 36.7 Å². The van der Waals surface area contributed by atoms with Crippen molar-refractivity contribution in [3.63, 3.8) is 0 Å². The summed E-state index contributed by atoms with van der Waals surface area (Å²) >= 11 is 0. The number of amides is 3. The largest absolute Gasteiger partial charge is 0.345 e. The van der Waals surface area contributed by atoms with Crippen molar-refractivity contribution >= 4 is 42.5 Å². The lowest BCUT2D eigenvalue weighted by Crippen LogP contribution is -2.52. The molecule has 162 valence electrons. The molecule has 2 heterocycles. The second kappa shape index (κ2) is 10.5. The van der Waals surface area contributed by atoms with E-state index in [2.05, 4.69) is 10.3 Å². The zero-order valence-corrected chi connectivity index (χ0v) is 18.5. The van der Waals surface area contributed by atoms with Gasteiger partial charge in [-0.2, -0.15) is 0 Å². The Hall–Kier alpha value is -2.48. The molecule has 0 spiro atoms. The zero-order valence-electron chi connectivity index (χ0n) is 16.9. The number of aromatic nitrogens is 1. The summed E-state index contributed by atoms with van der Waals surface area (Å²) in [7, 11) is 0. The number of rotatable bonds is 7. The average molecular weight is 453 g/mol. The lowest BCUT2D eigenvalue weighted by molar-refractivity contribution is 0.0642. The number of halogens is 2. The highest BCUT2D eigenvalue weighted by atomic mass is 35.5. The van der Waals surface area contributed by atoms with Crippen LogP contribution in [-0.2, 0) is 6.54 Å². The minimum atomic E-state index is -0.483. The Bertz CT molecular complexity index is 909. The molecule has 1 aliphatic rings. The van der Waals surface area contributed by atoms with Gasteiger partial charge in [-0.1, -0.05) is 13.8 Å². The van der Waals surface area contributed by atoms with Crippen LogP contribution in [-0.4, -0.2) is 39.7 Å². The molecule has 30 heavy (non-hydrogen) atoms. The van der Waals surface area contributed by atoms with Crippen molar-refractivity contribution in [1.82, 2.24) is 15.2 Å². The normalized spacial score (nSPS) is 12.7. The fraction of sp³-hybridized carbons (Fsp3) is 0.333. The van der Waals surface area contributed by atoms with Crippen molar-refractivity contribution < 1.29 is 14.4 Å². The van der Waals surface area contributed by atoms with Gasteiger partial charge in [-0.25, -0.2) is 0 Å². The molecular formula is C21H26Cl2N4O3. The quantitative estimate of drug-likeness (QED) is 0.628. The molecule has 3 N–H and O–H groups in total. The van der Waals surface area contributed by atoms with Crippen LogP contribution in [0.25, 0.3) is 0 Å². The van der Waals surface area contributed by atoms with Crippen molar-refractivity contribution in [3.05, 3.63) is 65.0 Å². The van der Waals surface area contributed by atoms with E-state index in [4.69, 9.17) is 5.73 Å². The first-order chi connectivity index (χ1) is 13.4. The standard InChI is InChI=1S/C21H24N4O3.2ClH/c1-3-21(4-2,13-22)24-18(26)15-5-6-16-17(11-15)20(28)25(19(16)27)12-14-7-9-23-10-8-14;;/h5-11H,3-4,12-13,22H2,1-2H3,(H,24,26);2*1H. The topological polar surface area (TPSA) is 105 Å². The molecule has 0 radical (unpaired) electrons. The molecule has 1 aliphatic heterocycles. The van der Waals surface area contributed by atoms with Gasteiger partial charge in [-0.15, -0.1) is 24.8 Å². The molecule has 1 aromatic carbocycles. The average Bonchev–Trinajstić information content (AvgIpc) is 2.97. The summed E-state index contributed by atoms with van der Waals surface area (Å²) in [6, 6.07) is 8.11. The predicted molar refractivity (Wildman–Crippen MR) is 119 cm³/mol. The lowest BCUT2D eigenvalue weighted by Gasteiger charge is -2.31. The van der Waals surface area contributed by atoms with E-state index in [0.717, 1.165) is 5.56 Å². The summed E-state index contributed by atoms with van der Waals surface area (Å²) in [4.78, 5) is 43.2. The maximum absolute atomic E-state index is 12.8. The Morgan fingerprint density at radius 3 is 2.20 bits per heavy atom. The van der Waals surface area contributed by atoms with E-state index >= 15 is 0 Å². The van der Waals surface area contributed by atoms with Crippen LogP contribution in [0, 0.1) is 0 Å². The van der Waals surface area contributed by atoms with Crippen molar-refractivity contribution in [3.8, 4) is 0 Å². The zero-order chi connectivity index (χ0) is 20.3. The number of imide groups is 1. The van der Waals surface area contributed by atoms with E-state index < -0.39 is 11.4 Å². The lowest BCUT2D eigenvalue weighted by atomic mass is 9.92. The van der Waals surface area contributed by atoms with E-state index in [0.29, 0.717) is 30.5 Å². The second-order valence-corrected chi connectivity index (χ2v) is 6.96. The number of hydrogen-bond acceptors (Lipinski definition) is 5. The van der Waals surface area contributed by atoms with Crippen molar-refractivity contribution in [2.24, 2.45) is 5.73 Å². The number of nitrogens with two attached hydrogens (primary N) is 1. The highest BCUT2D eigenvalue weighted by Crippen LogP contribution is 2.26. The maximum Gasteiger partial charge on any atom is 0.261 e. The SMILES string of the molecule is CCC(CC)(CN)NC(=O)c1ccc2c(c1)C(=O)N(Cc1ccncc1)C2=O.Cl.Cl. The number of benzene rings is 1. The van der Waals surface area contributed by atoms with Crippen LogP contribution in [0.2, 0.25) is 0 Å². The van der Waals surface area contributed by atoms with Gasteiger partial charge in [0.25, 0.3) is 17.7 Å². The number of pyridine rings is 1. The molecule has 3 amide bonds. The Morgan fingerprint density at radius 1 is 1.03 bits per heavy atom. The minimum Gasteiger partial charge on any atom is -0.345 e. The third-order valence-corrected chi connectivity index (χ3v) is 5.45. The summed E-state index contributed by atoms with van der Waals surface area (Å²) in [5.41, 5.74) is 7.07. The van der Waals surface area contributed by atoms with Crippen LogP contribution in [0.5, 0.6) is 0 Å². The smallest absolute Gasteiger partial charge is 0.261 e. The summed E-state index contributed by atoms with van der Waals surface area (Å²) in [6.45, 7) is 4.43. The predicted octanol–water partition coefficient (Wildman–Crippen LogP) is 2.97. The number of nitrogens with zero attached hydrogens (tertiary/aromatic N) is 2. The Kier molecular flexibility index (Phi) is 8.96. The first kappa shape index (κ1) is 25.6. The van der Waals surface area contributed by atoms with Crippen LogP contribution in [0.15, 0.2) is 42.7 Å². The van der Waals surface area contributed by atoms with E-state index in [1.165, 1.54) is 11.0 Å². The maximum atomic E-state index is 12.8. The molecule has 0 saturated heterocycles. The molecule has 1 aromatic heterocycles. The van der Waals surface area contributed by atoms with Crippen LogP contribution < -0.4 is 11.1 Å². The molecule has 9 heteroatoms. The molecule has 0 unspecified atom stereocenters. The Balaban J connectivity index is 0.00000225. The number of carbonyl (C=O) groups is 3. The van der Waals surface area contributed by atoms with Crippen LogP contribution >= 0.6 is 24.8 Å². The Morgan fingerprint density at radius 2 is 1.63 bits per heavy atom. The summed E-state index contributed by atoms with van der Waals surface area (Å²) < 4.78 is 0. The molecular weight excluding hydrogens is 427 g/mol. The third-order valence-electron chi connectivity index (χ3n) is 5.45. The highest BCUT2D eigenvalue weighted by molar-refractivity contribution is 6.22. The Labute approximate surface area is 188 Å². The van der Waals surface area contributed by atoms with Crippen LogP contribution in [0.4, 0.5) is 0 Å². The van der Waals surface area contributed by atoms with Gasteiger partial charge in [0.15, 0.2) is 0 Å². The third kappa shape index (κ3) is 4.80. The van der Waals surface area contributed by atoms with Gasteiger partial charge >= 0.3 is 0 Å². The van der Waals surface area contributed by atoms with Gasteiger partial charge in [0.2, 0.25) is 0 Å². The molecule has 7 nitrogen and oxygen atoms in total. The molecule has 0 fully saturated rings. The monoisotopic (exact) mass is 452 g/mol. The summed E-state index contributed by atoms with van der Waals surface area (Å²) in [6.07, 6.45) is 4.63. The van der Waals surface area contributed by atoms with Gasteiger partial charge in [-0.05, 0) is 48.7 Å². The molecule has 0 aliphatic carbocycles. The molecule has 0 saturated carbocycles.